The third-order valence-electron chi connectivity index (χ3n) is 14.7. The van der Waals surface area contributed by atoms with Crippen molar-refractivity contribution in [2.75, 3.05) is 0 Å². The van der Waals surface area contributed by atoms with Crippen molar-refractivity contribution in [1.82, 2.24) is 0 Å². The third-order valence-corrected chi connectivity index (χ3v) is 14.7. The molecule has 0 heterocycles. The van der Waals surface area contributed by atoms with E-state index in [1.807, 2.05) is 0 Å². The van der Waals surface area contributed by atoms with E-state index in [9.17, 15) is 0 Å². The van der Waals surface area contributed by atoms with E-state index >= 15 is 0 Å². The van der Waals surface area contributed by atoms with Crippen molar-refractivity contribution in [2.24, 2.45) is 0 Å². The van der Waals surface area contributed by atoms with Gasteiger partial charge in [-0.2, -0.15) is 12.1 Å². The van der Waals surface area contributed by atoms with E-state index in [1.54, 1.807) is 0 Å². The van der Waals surface area contributed by atoms with Gasteiger partial charge in [-0.1, -0.05) is 301 Å². The van der Waals surface area contributed by atoms with Crippen LogP contribution in [0.1, 0.15) is 22.3 Å². The summed E-state index contributed by atoms with van der Waals surface area (Å²) in [6.07, 6.45) is 1.86. The molecular formula is C74H56Cl2SiZr. The van der Waals surface area contributed by atoms with Gasteiger partial charge in [0.1, 0.15) is 0 Å². The van der Waals surface area contributed by atoms with E-state index in [-0.39, 0.29) is 0 Å². The van der Waals surface area contributed by atoms with Crippen molar-refractivity contribution in [1.29, 1.82) is 0 Å². The number of hydrogen-bond acceptors (Lipinski definition) is 0. The maximum Gasteiger partial charge on any atom is -0.0114 e. The van der Waals surface area contributed by atoms with E-state index < -0.39 is 20.8 Å². The van der Waals surface area contributed by atoms with Crippen LogP contribution in [0.3, 0.4) is 0 Å². The molecular weight excluding hydrogens is 1080 g/mol. The molecule has 0 aliphatic carbocycles. The van der Waals surface area contributed by atoms with Crippen LogP contribution in [0.5, 0.6) is 0 Å². The normalized spacial score (nSPS) is 10.9. The second-order valence-corrected chi connectivity index (χ2v) is 24.4. The first-order chi connectivity index (χ1) is 38.5. The Hall–Kier alpha value is -7.42. The van der Waals surface area contributed by atoms with Crippen molar-refractivity contribution >= 4 is 91.2 Å². The Balaban J connectivity index is 0.000000151. The van der Waals surface area contributed by atoms with Crippen LogP contribution in [-0.2, 0) is 33.7 Å². The van der Waals surface area contributed by atoms with Gasteiger partial charge < -0.3 is 0 Å². The van der Waals surface area contributed by atoms with Crippen LogP contribution >= 0.6 is 17.0 Å². The van der Waals surface area contributed by atoms with Gasteiger partial charge in [0.15, 0.2) is 0 Å². The number of hydrogen-bond donors (Lipinski definition) is 0. The van der Waals surface area contributed by atoms with Crippen molar-refractivity contribution in [2.45, 2.75) is 25.9 Å². The smallest absolute Gasteiger partial charge is 0.0114 e. The van der Waals surface area contributed by atoms with Crippen LogP contribution in [0, 0.1) is 0 Å². The van der Waals surface area contributed by atoms with Gasteiger partial charge in [-0.05, 0) is 78.2 Å². The second-order valence-electron chi connectivity index (χ2n) is 19.7. The number of halogens is 2. The summed E-state index contributed by atoms with van der Waals surface area (Å²) < 4.78 is 0. The zero-order valence-electron chi connectivity index (χ0n) is 43.7. The maximum atomic E-state index is 4.93. The summed E-state index contributed by atoms with van der Waals surface area (Å²) in [6, 6.07) is 102. The number of benzene rings is 12. The molecule has 14 aromatic carbocycles. The van der Waals surface area contributed by atoms with Crippen LogP contribution in [0.15, 0.2) is 279 Å². The number of rotatable bonds is 8. The molecule has 0 amide bonds. The molecule has 0 saturated heterocycles. The van der Waals surface area contributed by atoms with Crippen LogP contribution in [-0.4, -0.2) is 9.52 Å². The van der Waals surface area contributed by atoms with E-state index in [0.29, 0.717) is 0 Å². The summed E-state index contributed by atoms with van der Waals surface area (Å²) in [7, 11) is 11.0. The van der Waals surface area contributed by atoms with Gasteiger partial charge in [-0.15, -0.1) is 44.8 Å². The van der Waals surface area contributed by atoms with Gasteiger partial charge >= 0.3 is 37.9 Å². The molecule has 0 aliphatic heterocycles. The molecule has 0 spiro atoms. The summed E-state index contributed by atoms with van der Waals surface area (Å²) in [6.45, 7) is 4.31. The molecule has 14 aromatic rings. The van der Waals surface area contributed by atoms with Gasteiger partial charge in [-0.3, -0.25) is 0 Å². The minimum atomic E-state index is -0.826. The van der Waals surface area contributed by atoms with Crippen LogP contribution in [0.25, 0.3) is 109 Å². The zero-order valence-corrected chi connectivity index (χ0v) is 48.7. The fourth-order valence-corrected chi connectivity index (χ4v) is 11.4. The summed E-state index contributed by atoms with van der Waals surface area (Å²) in [5.41, 5.74) is 15.7. The Kier molecular flexibility index (Phi) is 16.8. The van der Waals surface area contributed by atoms with E-state index in [1.165, 1.54) is 131 Å². The van der Waals surface area contributed by atoms with Crippen molar-refractivity contribution in [3.8, 4) is 44.5 Å². The van der Waals surface area contributed by atoms with E-state index in [2.05, 4.69) is 292 Å². The van der Waals surface area contributed by atoms with Crippen molar-refractivity contribution in [3.05, 3.63) is 301 Å². The predicted octanol–water partition coefficient (Wildman–Crippen LogP) is 21.7. The average molecular weight is 1140 g/mol. The van der Waals surface area contributed by atoms with Crippen LogP contribution in [0.4, 0.5) is 0 Å². The topological polar surface area (TPSA) is 0 Å². The molecule has 14 rings (SSSR count). The van der Waals surface area contributed by atoms with Gasteiger partial charge in [0, 0.05) is 9.52 Å². The molecule has 0 unspecified atom stereocenters. The fraction of sp³-hybridized carbons (Fsp3) is 0.0541. The maximum absolute atomic E-state index is 4.93. The summed E-state index contributed by atoms with van der Waals surface area (Å²) in [4.78, 5) is 0. The van der Waals surface area contributed by atoms with Gasteiger partial charge in [0.25, 0.3) is 0 Å². The molecule has 0 atom stereocenters. The minimum absolute atomic E-state index is 0.826. The zero-order chi connectivity index (χ0) is 53.2. The summed E-state index contributed by atoms with van der Waals surface area (Å²) in [5, 5.41) is 15.6. The molecule has 4 heteroatoms. The van der Waals surface area contributed by atoms with Crippen LogP contribution in [0.2, 0.25) is 13.1 Å². The Morgan fingerprint density at radius 3 is 0.859 bits per heavy atom. The Labute approximate surface area is 479 Å². The quantitative estimate of drug-likeness (QED) is 0.105. The fourth-order valence-electron chi connectivity index (χ4n) is 11.4. The predicted molar refractivity (Wildman–Crippen MR) is 339 cm³/mol. The third kappa shape index (κ3) is 11.3. The first kappa shape index (κ1) is 52.6. The van der Waals surface area contributed by atoms with Gasteiger partial charge in [-0.25, -0.2) is 0 Å². The Bertz CT molecular complexity index is 3790. The van der Waals surface area contributed by atoms with E-state index in [0.717, 1.165) is 22.4 Å². The molecule has 78 heavy (non-hydrogen) atoms. The first-order valence-electron chi connectivity index (χ1n) is 26.5. The minimum Gasteiger partial charge on any atom is -0.164 e. The molecule has 374 valence electrons. The molecule has 0 aromatic heterocycles. The summed E-state index contributed by atoms with van der Waals surface area (Å²) >= 11 is -0.826. The Morgan fingerprint density at radius 2 is 0.538 bits per heavy atom. The molecule has 0 fully saturated rings. The average Bonchev–Trinajstić information content (AvgIpc) is 4.19. The van der Waals surface area contributed by atoms with Crippen LogP contribution < -0.4 is 0 Å². The van der Waals surface area contributed by atoms with E-state index in [4.69, 9.17) is 17.0 Å². The molecule has 0 N–H and O–H groups in total. The van der Waals surface area contributed by atoms with Gasteiger partial charge in [0.2, 0.25) is 0 Å². The Morgan fingerprint density at radius 1 is 0.295 bits per heavy atom. The molecule has 2 radical (unpaired) electrons. The standard InChI is InChI=1S/2C36H25.C2H6Si.2ClH.Zr/c2*1-2-10-25(11-3-1)22-26-23-35-33(31-18-8-14-27-12-4-6-16-29(27)31)20-21-34(36(35)24-26)32-19-9-15-28-13-5-7-17-30(28)32;1-3-2;;;/h2*1-21,23-24H,22H2;1-2H3;2*1H;/q2*-1;;;;+4/p-2. The molecule has 0 bridgehead atoms. The molecule has 0 aliphatic rings. The van der Waals surface area contributed by atoms with Gasteiger partial charge in [0.05, 0.1) is 0 Å². The molecule has 0 saturated carbocycles. The monoisotopic (exact) mass is 1130 g/mol. The SMILES string of the molecule is C[Si]C.[Cl][Zr+2][Cl].c1ccc(Cc2cc3c(-c4cccc5ccccc45)ccc(-c4cccc5ccccc45)c3[cH-]2)cc1.c1ccc(Cc2cc3c(-c4cccc5ccccc45)ccc(-c4cccc5ccccc45)c3[cH-]2)cc1. The second kappa shape index (κ2) is 24.9. The number of fused-ring (bicyclic) bond motifs is 6. The van der Waals surface area contributed by atoms with Crippen molar-refractivity contribution < 1.29 is 20.8 Å². The first-order valence-corrected chi connectivity index (χ1v) is 34.9. The summed E-state index contributed by atoms with van der Waals surface area (Å²) in [5.74, 6) is 0. The van der Waals surface area contributed by atoms with Crippen molar-refractivity contribution in [3.63, 3.8) is 0 Å². The molecule has 0 nitrogen and oxygen atoms in total. The largest absolute Gasteiger partial charge is 0.164 e.